The molecule has 1 fully saturated rings. The summed E-state index contributed by atoms with van der Waals surface area (Å²) < 4.78 is 14.9. The monoisotopic (exact) mass is 314 g/mol. The minimum atomic E-state index is -0.240. The van der Waals surface area contributed by atoms with Gasteiger partial charge in [-0.3, -0.25) is 0 Å². The normalized spacial score (nSPS) is 18.0. The summed E-state index contributed by atoms with van der Waals surface area (Å²) in [5.41, 5.74) is 2.50. The van der Waals surface area contributed by atoms with Crippen molar-refractivity contribution in [2.45, 2.75) is 12.5 Å². The summed E-state index contributed by atoms with van der Waals surface area (Å²) in [7, 11) is 0. The molecule has 1 aliphatic rings. The molecule has 0 aliphatic carbocycles. The lowest BCUT2D eigenvalue weighted by molar-refractivity contribution is 0.628. The highest BCUT2D eigenvalue weighted by Crippen LogP contribution is 2.25. The van der Waals surface area contributed by atoms with Crippen molar-refractivity contribution >= 4 is 23.2 Å². The zero-order valence-electron chi connectivity index (χ0n) is 11.9. The van der Waals surface area contributed by atoms with Crippen LogP contribution in [0.4, 0.5) is 10.2 Å². The zero-order valence-corrected chi connectivity index (χ0v) is 12.7. The Morgan fingerprint density at radius 1 is 1.23 bits per heavy atom. The number of rotatable bonds is 3. The molecule has 1 saturated heterocycles. The van der Waals surface area contributed by atoms with E-state index in [0.29, 0.717) is 6.04 Å². The van der Waals surface area contributed by atoms with Crippen molar-refractivity contribution in [3.05, 3.63) is 48.4 Å². The molecule has 2 aromatic heterocycles. The van der Waals surface area contributed by atoms with Crippen LogP contribution < -0.4 is 5.32 Å². The second-order valence-corrected chi connectivity index (χ2v) is 6.49. The van der Waals surface area contributed by atoms with E-state index in [0.717, 1.165) is 34.9 Å². The second-order valence-electron chi connectivity index (χ2n) is 5.34. The van der Waals surface area contributed by atoms with Gasteiger partial charge in [-0.25, -0.2) is 9.37 Å². The lowest BCUT2D eigenvalue weighted by Gasteiger charge is -2.15. The molecule has 112 valence electrons. The van der Waals surface area contributed by atoms with Crippen LogP contribution in [0.25, 0.3) is 16.9 Å². The van der Waals surface area contributed by atoms with Crippen LogP contribution in [0.15, 0.2) is 42.6 Å². The highest BCUT2D eigenvalue weighted by atomic mass is 32.2. The van der Waals surface area contributed by atoms with E-state index in [-0.39, 0.29) is 5.82 Å². The number of thioether (sulfide) groups is 1. The highest BCUT2D eigenvalue weighted by Gasteiger charge is 2.17. The van der Waals surface area contributed by atoms with E-state index in [1.165, 1.54) is 17.9 Å². The Bertz CT molecular complexity index is 794. The average molecular weight is 314 g/mol. The molecule has 6 heteroatoms. The van der Waals surface area contributed by atoms with Gasteiger partial charge in [-0.05, 0) is 36.4 Å². The third kappa shape index (κ3) is 2.54. The van der Waals surface area contributed by atoms with Crippen LogP contribution in [0.1, 0.15) is 6.42 Å². The summed E-state index contributed by atoms with van der Waals surface area (Å²) >= 11 is 1.96. The maximum atomic E-state index is 13.1. The van der Waals surface area contributed by atoms with Crippen LogP contribution in [0.3, 0.4) is 0 Å². The molecular formula is C16H15FN4S. The van der Waals surface area contributed by atoms with Crippen molar-refractivity contribution in [3.63, 3.8) is 0 Å². The third-order valence-electron chi connectivity index (χ3n) is 3.78. The Labute approximate surface area is 131 Å². The van der Waals surface area contributed by atoms with Crippen molar-refractivity contribution in [2.75, 3.05) is 16.8 Å². The molecule has 0 bridgehead atoms. The molecule has 22 heavy (non-hydrogen) atoms. The maximum absolute atomic E-state index is 13.1. The number of hydrogen-bond acceptors (Lipinski definition) is 4. The van der Waals surface area contributed by atoms with Crippen LogP contribution in [0.2, 0.25) is 0 Å². The van der Waals surface area contributed by atoms with Crippen molar-refractivity contribution in [1.29, 1.82) is 0 Å². The van der Waals surface area contributed by atoms with Gasteiger partial charge in [0.2, 0.25) is 0 Å². The smallest absolute Gasteiger partial charge is 0.157 e. The molecule has 1 atom stereocenters. The molecule has 1 aromatic carbocycles. The predicted octanol–water partition coefficient (Wildman–Crippen LogP) is 3.45. The lowest BCUT2D eigenvalue weighted by atomic mass is 10.1. The van der Waals surface area contributed by atoms with Crippen molar-refractivity contribution < 1.29 is 4.39 Å². The van der Waals surface area contributed by atoms with E-state index in [9.17, 15) is 4.39 Å². The Hall–Kier alpha value is -2.08. The molecule has 0 radical (unpaired) electrons. The van der Waals surface area contributed by atoms with Crippen LogP contribution in [-0.4, -0.2) is 32.1 Å². The SMILES string of the molecule is Fc1ccc(-c2cc(N[C@H]3CCSC3)n3nccc3n2)cc1. The first-order valence-corrected chi connectivity index (χ1v) is 8.40. The number of benzene rings is 1. The van der Waals surface area contributed by atoms with Gasteiger partial charge < -0.3 is 5.32 Å². The first-order chi connectivity index (χ1) is 10.8. The molecule has 0 spiro atoms. The summed E-state index contributed by atoms with van der Waals surface area (Å²) in [6, 6.07) is 10.7. The number of nitrogens with one attached hydrogen (secondary N) is 1. The lowest BCUT2D eigenvalue weighted by Crippen LogP contribution is -2.20. The Morgan fingerprint density at radius 2 is 2.09 bits per heavy atom. The minimum absolute atomic E-state index is 0.240. The Kier molecular flexibility index (Phi) is 3.46. The van der Waals surface area contributed by atoms with Crippen molar-refractivity contribution in [3.8, 4) is 11.3 Å². The van der Waals surface area contributed by atoms with Crippen LogP contribution in [0.5, 0.6) is 0 Å². The zero-order chi connectivity index (χ0) is 14.9. The van der Waals surface area contributed by atoms with Gasteiger partial charge >= 0.3 is 0 Å². The van der Waals surface area contributed by atoms with Gasteiger partial charge in [-0.15, -0.1) is 0 Å². The molecule has 0 unspecified atom stereocenters. The van der Waals surface area contributed by atoms with Crippen LogP contribution >= 0.6 is 11.8 Å². The molecular weight excluding hydrogens is 299 g/mol. The summed E-state index contributed by atoms with van der Waals surface area (Å²) in [6.45, 7) is 0. The summed E-state index contributed by atoms with van der Waals surface area (Å²) in [5.74, 6) is 2.99. The number of anilines is 1. The number of fused-ring (bicyclic) bond motifs is 1. The molecule has 3 heterocycles. The fraction of sp³-hybridized carbons (Fsp3) is 0.250. The number of aromatic nitrogens is 3. The molecule has 4 nitrogen and oxygen atoms in total. The molecule has 1 aliphatic heterocycles. The maximum Gasteiger partial charge on any atom is 0.157 e. The van der Waals surface area contributed by atoms with Gasteiger partial charge in [0.15, 0.2) is 5.65 Å². The number of nitrogens with zero attached hydrogens (tertiary/aromatic N) is 3. The van der Waals surface area contributed by atoms with Gasteiger partial charge in [0, 0.05) is 29.5 Å². The fourth-order valence-electron chi connectivity index (χ4n) is 2.64. The first-order valence-electron chi connectivity index (χ1n) is 7.24. The topological polar surface area (TPSA) is 42.2 Å². The standard InChI is InChI=1S/C16H15FN4S/c17-12-3-1-11(2-4-12)14-9-16(19-13-6-8-22-10-13)21-15(20-14)5-7-18-21/h1-5,7,9,13,19H,6,8,10H2/t13-/m0/s1. The molecule has 4 rings (SSSR count). The highest BCUT2D eigenvalue weighted by molar-refractivity contribution is 7.99. The predicted molar refractivity (Wildman–Crippen MR) is 87.7 cm³/mol. The first kappa shape index (κ1) is 13.6. The molecule has 3 aromatic rings. The van der Waals surface area contributed by atoms with Gasteiger partial charge in [0.25, 0.3) is 0 Å². The van der Waals surface area contributed by atoms with E-state index in [2.05, 4.69) is 15.4 Å². The van der Waals surface area contributed by atoms with Crippen LogP contribution in [-0.2, 0) is 0 Å². The number of halogens is 1. The van der Waals surface area contributed by atoms with Gasteiger partial charge in [0.1, 0.15) is 11.6 Å². The summed E-state index contributed by atoms with van der Waals surface area (Å²) in [5, 5.41) is 7.89. The minimum Gasteiger partial charge on any atom is -0.366 e. The molecule has 0 amide bonds. The van der Waals surface area contributed by atoms with Gasteiger partial charge in [-0.2, -0.15) is 21.4 Å². The summed E-state index contributed by atoms with van der Waals surface area (Å²) in [4.78, 5) is 4.60. The number of hydrogen-bond donors (Lipinski definition) is 1. The molecule has 0 saturated carbocycles. The van der Waals surface area contributed by atoms with Gasteiger partial charge in [0.05, 0.1) is 11.9 Å². The van der Waals surface area contributed by atoms with E-state index in [4.69, 9.17) is 0 Å². The quantitative estimate of drug-likeness (QED) is 0.804. The van der Waals surface area contributed by atoms with E-state index >= 15 is 0 Å². The second kappa shape index (κ2) is 5.61. The molecule has 1 N–H and O–H groups in total. The largest absolute Gasteiger partial charge is 0.366 e. The van der Waals surface area contributed by atoms with E-state index in [1.807, 2.05) is 28.4 Å². The summed E-state index contributed by atoms with van der Waals surface area (Å²) in [6.07, 6.45) is 2.90. The van der Waals surface area contributed by atoms with Gasteiger partial charge in [-0.1, -0.05) is 0 Å². The van der Waals surface area contributed by atoms with Crippen molar-refractivity contribution in [2.24, 2.45) is 0 Å². The Morgan fingerprint density at radius 3 is 2.86 bits per heavy atom. The Balaban J connectivity index is 1.77. The fourth-order valence-corrected chi connectivity index (χ4v) is 3.79. The van der Waals surface area contributed by atoms with Crippen molar-refractivity contribution in [1.82, 2.24) is 14.6 Å². The van der Waals surface area contributed by atoms with Crippen LogP contribution in [0, 0.1) is 5.82 Å². The third-order valence-corrected chi connectivity index (χ3v) is 4.94. The average Bonchev–Trinajstić information content (AvgIpc) is 3.19. The van der Waals surface area contributed by atoms with E-state index in [1.54, 1.807) is 18.3 Å². The van der Waals surface area contributed by atoms with E-state index < -0.39 is 0 Å².